The maximum atomic E-state index is 12.5. The zero-order valence-corrected chi connectivity index (χ0v) is 19.8. The van der Waals surface area contributed by atoms with Crippen LogP contribution in [0, 0.1) is 13.8 Å². The number of benzene rings is 2. The van der Waals surface area contributed by atoms with Crippen molar-refractivity contribution in [3.63, 3.8) is 0 Å². The van der Waals surface area contributed by atoms with Crippen molar-refractivity contribution in [2.24, 2.45) is 14.1 Å². The van der Waals surface area contributed by atoms with E-state index in [1.54, 1.807) is 11.7 Å². The molecule has 1 saturated carbocycles. The minimum absolute atomic E-state index is 0.283. The highest BCUT2D eigenvalue weighted by atomic mass is 35.5. The fraction of sp³-hybridized carbons (Fsp3) is 0.333. The number of rotatable bonds is 6. The summed E-state index contributed by atoms with van der Waals surface area (Å²) < 4.78 is 10.5. The van der Waals surface area contributed by atoms with Gasteiger partial charge in [0.15, 0.2) is 0 Å². The van der Waals surface area contributed by atoms with Crippen LogP contribution in [0.3, 0.4) is 0 Å². The van der Waals surface area contributed by atoms with Crippen LogP contribution < -0.4 is 10.4 Å². The number of tetrazole rings is 1. The molecule has 1 aliphatic carbocycles. The Hall–Kier alpha value is -3.39. The highest BCUT2D eigenvalue weighted by molar-refractivity contribution is 6.30. The molecule has 4 aromatic rings. The van der Waals surface area contributed by atoms with E-state index in [0.717, 1.165) is 46.5 Å². The zero-order chi connectivity index (χ0) is 23.3. The van der Waals surface area contributed by atoms with Gasteiger partial charge in [0.1, 0.15) is 17.5 Å². The molecule has 170 valence electrons. The van der Waals surface area contributed by atoms with Gasteiger partial charge in [-0.2, -0.15) is 14.5 Å². The maximum Gasteiger partial charge on any atom is 0.368 e. The quantitative estimate of drug-likeness (QED) is 0.429. The summed E-state index contributed by atoms with van der Waals surface area (Å²) in [6.07, 6.45) is 2.29. The van der Waals surface area contributed by atoms with Gasteiger partial charge in [0.25, 0.3) is 0 Å². The largest absolute Gasteiger partial charge is 0.489 e. The summed E-state index contributed by atoms with van der Waals surface area (Å²) in [5.41, 5.74) is 6.40. The molecule has 0 N–H and O–H groups in total. The van der Waals surface area contributed by atoms with Crippen molar-refractivity contribution in [2.75, 3.05) is 0 Å². The summed E-state index contributed by atoms with van der Waals surface area (Å²) in [6, 6.07) is 12.0. The van der Waals surface area contributed by atoms with Crippen LogP contribution in [0.5, 0.6) is 5.75 Å². The van der Waals surface area contributed by atoms with Gasteiger partial charge in [-0.15, -0.1) is 0 Å². The number of aryl methyl sites for hydroxylation is 3. The molecule has 0 radical (unpaired) electrons. The summed E-state index contributed by atoms with van der Waals surface area (Å²) in [5.74, 6) is 1.28. The molecule has 5 rings (SSSR count). The van der Waals surface area contributed by atoms with Crippen LogP contribution in [-0.2, 0) is 20.7 Å². The summed E-state index contributed by atoms with van der Waals surface area (Å²) in [5, 5.41) is 13.1. The van der Waals surface area contributed by atoms with E-state index in [2.05, 4.69) is 27.7 Å². The molecule has 0 amide bonds. The van der Waals surface area contributed by atoms with Crippen LogP contribution in [0.25, 0.3) is 16.9 Å². The Bertz CT molecular complexity index is 1410. The van der Waals surface area contributed by atoms with Crippen LogP contribution in [0.15, 0.2) is 41.2 Å². The lowest BCUT2D eigenvalue weighted by Gasteiger charge is -2.16. The minimum atomic E-state index is -0.283. The summed E-state index contributed by atoms with van der Waals surface area (Å²) in [7, 11) is 3.43. The molecule has 0 saturated heterocycles. The van der Waals surface area contributed by atoms with Gasteiger partial charge in [-0.05, 0) is 78.4 Å². The average Bonchev–Trinajstić information content (AvgIpc) is 3.56. The van der Waals surface area contributed by atoms with Crippen LogP contribution in [0.4, 0.5) is 0 Å². The molecule has 0 aliphatic heterocycles. The van der Waals surface area contributed by atoms with E-state index in [4.69, 9.17) is 16.3 Å². The maximum absolute atomic E-state index is 12.5. The van der Waals surface area contributed by atoms with Gasteiger partial charge in [0.05, 0.1) is 11.4 Å². The Morgan fingerprint density at radius 2 is 1.88 bits per heavy atom. The third-order valence-corrected chi connectivity index (χ3v) is 6.70. The molecular weight excluding hydrogens is 440 g/mol. The number of aromatic nitrogens is 6. The first kappa shape index (κ1) is 21.5. The monoisotopic (exact) mass is 464 g/mol. The van der Waals surface area contributed by atoms with Crippen molar-refractivity contribution in [3.05, 3.63) is 74.3 Å². The predicted octanol–water partition coefficient (Wildman–Crippen LogP) is 4.09. The van der Waals surface area contributed by atoms with Gasteiger partial charge in [-0.1, -0.05) is 23.7 Å². The topological polar surface area (TPSA) is 79.8 Å². The molecule has 0 unspecified atom stereocenters. The zero-order valence-electron chi connectivity index (χ0n) is 19.0. The predicted molar refractivity (Wildman–Crippen MR) is 126 cm³/mol. The highest BCUT2D eigenvalue weighted by Crippen LogP contribution is 2.43. The molecular formula is C24H25ClN6O2. The van der Waals surface area contributed by atoms with E-state index < -0.39 is 0 Å². The highest BCUT2D eigenvalue weighted by Gasteiger charge is 2.28. The molecule has 2 aromatic heterocycles. The molecule has 33 heavy (non-hydrogen) atoms. The molecule has 9 heteroatoms. The van der Waals surface area contributed by atoms with Gasteiger partial charge in [-0.25, -0.2) is 4.79 Å². The minimum Gasteiger partial charge on any atom is -0.489 e. The first-order chi connectivity index (χ1) is 15.8. The SMILES string of the molecule is Cc1cc(-c2nn(C)c(Cl)c2C)ccc1OCc1c(C2CC2)cccc1-n1nnn(C)c1=O. The third-order valence-electron chi connectivity index (χ3n) is 6.17. The lowest BCUT2D eigenvalue weighted by atomic mass is 10.0. The standard InChI is InChI=1S/C24H25ClN6O2/c1-14-12-17(22-15(2)23(25)29(3)26-22)10-11-21(14)33-13-19-18(16-8-9-16)6-5-7-20(19)31-24(32)30(4)27-28-31/h5-7,10-12,16H,8-9,13H2,1-4H3. The Balaban J connectivity index is 1.47. The summed E-state index contributed by atoms with van der Waals surface area (Å²) in [6.45, 7) is 4.31. The van der Waals surface area contributed by atoms with Crippen LogP contribution in [-0.4, -0.2) is 29.6 Å². The fourth-order valence-electron chi connectivity index (χ4n) is 4.18. The number of ether oxygens (including phenoxy) is 1. The van der Waals surface area contributed by atoms with Crippen molar-refractivity contribution in [2.45, 2.75) is 39.2 Å². The smallest absolute Gasteiger partial charge is 0.368 e. The van der Waals surface area contributed by atoms with Crippen molar-refractivity contribution in [1.29, 1.82) is 0 Å². The van der Waals surface area contributed by atoms with Crippen LogP contribution in [0.2, 0.25) is 5.15 Å². The van der Waals surface area contributed by atoms with E-state index >= 15 is 0 Å². The summed E-state index contributed by atoms with van der Waals surface area (Å²) >= 11 is 6.30. The van der Waals surface area contributed by atoms with E-state index in [0.29, 0.717) is 23.4 Å². The van der Waals surface area contributed by atoms with Gasteiger partial charge >= 0.3 is 5.69 Å². The molecule has 8 nitrogen and oxygen atoms in total. The summed E-state index contributed by atoms with van der Waals surface area (Å²) in [4.78, 5) is 12.5. The number of nitrogens with zero attached hydrogens (tertiary/aromatic N) is 6. The lowest BCUT2D eigenvalue weighted by Crippen LogP contribution is -2.23. The molecule has 1 aliphatic rings. The van der Waals surface area contributed by atoms with Crippen molar-refractivity contribution in [3.8, 4) is 22.7 Å². The number of hydrogen-bond acceptors (Lipinski definition) is 5. The van der Waals surface area contributed by atoms with Crippen LogP contribution in [0.1, 0.15) is 41.0 Å². The molecule has 0 spiro atoms. The number of halogens is 1. The normalized spacial score (nSPS) is 13.5. The van der Waals surface area contributed by atoms with E-state index in [1.807, 2.05) is 45.2 Å². The fourth-order valence-corrected chi connectivity index (χ4v) is 4.31. The van der Waals surface area contributed by atoms with Crippen molar-refractivity contribution < 1.29 is 4.74 Å². The average molecular weight is 465 g/mol. The van der Waals surface area contributed by atoms with Gasteiger partial charge < -0.3 is 4.74 Å². The van der Waals surface area contributed by atoms with Gasteiger partial charge in [0, 0.05) is 30.8 Å². The Kier molecular flexibility index (Phi) is 5.32. The van der Waals surface area contributed by atoms with E-state index in [9.17, 15) is 4.79 Å². The van der Waals surface area contributed by atoms with Crippen molar-refractivity contribution >= 4 is 11.6 Å². The Labute approximate surface area is 196 Å². The van der Waals surface area contributed by atoms with Crippen molar-refractivity contribution in [1.82, 2.24) is 29.6 Å². The van der Waals surface area contributed by atoms with E-state index in [1.165, 1.54) is 14.9 Å². The molecule has 2 aromatic carbocycles. The second-order valence-corrected chi connectivity index (χ2v) is 8.93. The second kappa shape index (κ2) is 8.19. The second-order valence-electron chi connectivity index (χ2n) is 8.57. The molecule has 2 heterocycles. The first-order valence-corrected chi connectivity index (χ1v) is 11.3. The third kappa shape index (κ3) is 3.84. The molecule has 0 atom stereocenters. The number of hydrogen-bond donors (Lipinski definition) is 0. The van der Waals surface area contributed by atoms with Gasteiger partial charge in [0.2, 0.25) is 0 Å². The first-order valence-electron chi connectivity index (χ1n) is 10.9. The van der Waals surface area contributed by atoms with Gasteiger partial charge in [-0.3, -0.25) is 4.68 Å². The Morgan fingerprint density at radius 3 is 2.48 bits per heavy atom. The lowest BCUT2D eigenvalue weighted by molar-refractivity contribution is 0.302. The molecule has 1 fully saturated rings. The van der Waals surface area contributed by atoms with Crippen LogP contribution >= 0.6 is 11.6 Å². The van der Waals surface area contributed by atoms with E-state index in [-0.39, 0.29) is 5.69 Å². The molecule has 0 bridgehead atoms. The Morgan fingerprint density at radius 1 is 1.09 bits per heavy atom.